The highest BCUT2D eigenvalue weighted by atomic mass is 16.2. The van der Waals surface area contributed by atoms with E-state index in [1.54, 1.807) is 6.07 Å². The van der Waals surface area contributed by atoms with Crippen molar-refractivity contribution in [2.45, 2.75) is 25.7 Å². The predicted octanol–water partition coefficient (Wildman–Crippen LogP) is 1.69. The van der Waals surface area contributed by atoms with Crippen molar-refractivity contribution in [2.24, 2.45) is 0 Å². The molecule has 0 aromatic heterocycles. The minimum atomic E-state index is -0.0621. The summed E-state index contributed by atoms with van der Waals surface area (Å²) >= 11 is 0. The maximum absolute atomic E-state index is 11.7. The Hall–Kier alpha value is -1.71. The fourth-order valence-electron chi connectivity index (χ4n) is 1.98. The van der Waals surface area contributed by atoms with Gasteiger partial charge in [0, 0.05) is 5.69 Å². The van der Waals surface area contributed by atoms with Crippen molar-refractivity contribution in [1.29, 1.82) is 0 Å². The number of carbonyl (C=O) groups excluding carboxylic acids is 1. The molecule has 0 saturated heterocycles. The number of anilines is 3. The number of nitrogens with one attached hydrogen (secondary N) is 1. The van der Waals surface area contributed by atoms with Gasteiger partial charge in [-0.15, -0.1) is 0 Å². The van der Waals surface area contributed by atoms with Crippen molar-refractivity contribution < 1.29 is 4.79 Å². The molecule has 0 bridgehead atoms. The first kappa shape index (κ1) is 9.83. The highest BCUT2D eigenvalue weighted by Gasteiger charge is 2.30. The molecule has 1 aliphatic rings. The number of nitrogens with two attached hydrogens (primary N) is 2. The number of rotatable bonds is 2. The van der Waals surface area contributed by atoms with Crippen molar-refractivity contribution in [2.75, 3.05) is 16.8 Å². The quantitative estimate of drug-likeness (QED) is 0.642. The number of hydrogen-bond acceptors (Lipinski definition) is 3. The van der Waals surface area contributed by atoms with Crippen LogP contribution in [0.2, 0.25) is 0 Å². The zero-order chi connectivity index (χ0) is 11.0. The molecule has 0 fully saturated rings. The Morgan fingerprint density at radius 2 is 2.00 bits per heavy atom. The third kappa shape index (κ3) is 1.52. The van der Waals surface area contributed by atoms with Crippen LogP contribution in [0.1, 0.15) is 31.2 Å². The SMILES string of the molecule is CCCC1C(=O)Nc2cc(N)c(N)cc21. The molecule has 1 aromatic carbocycles. The van der Waals surface area contributed by atoms with Crippen molar-refractivity contribution >= 4 is 23.0 Å². The molecule has 4 nitrogen and oxygen atoms in total. The normalized spacial score (nSPS) is 18.7. The number of carbonyl (C=O) groups is 1. The molecule has 1 amide bonds. The van der Waals surface area contributed by atoms with Gasteiger partial charge in [-0.3, -0.25) is 4.79 Å². The van der Waals surface area contributed by atoms with Crippen LogP contribution in [-0.2, 0) is 4.79 Å². The van der Waals surface area contributed by atoms with Gasteiger partial charge in [0.25, 0.3) is 0 Å². The lowest BCUT2D eigenvalue weighted by Gasteiger charge is -2.08. The second kappa shape index (κ2) is 3.46. The highest BCUT2D eigenvalue weighted by molar-refractivity contribution is 6.04. The minimum Gasteiger partial charge on any atom is -0.397 e. The first-order valence-electron chi connectivity index (χ1n) is 5.13. The van der Waals surface area contributed by atoms with Crippen LogP contribution in [0.5, 0.6) is 0 Å². The first-order valence-corrected chi connectivity index (χ1v) is 5.13. The summed E-state index contributed by atoms with van der Waals surface area (Å²) in [5, 5.41) is 2.83. The molecule has 2 rings (SSSR count). The van der Waals surface area contributed by atoms with Gasteiger partial charge in [0.2, 0.25) is 5.91 Å². The summed E-state index contributed by atoms with van der Waals surface area (Å²) in [6.45, 7) is 2.06. The summed E-state index contributed by atoms with van der Waals surface area (Å²) in [5.41, 5.74) is 14.3. The molecule has 1 heterocycles. The van der Waals surface area contributed by atoms with Gasteiger partial charge in [0.1, 0.15) is 0 Å². The monoisotopic (exact) mass is 205 g/mol. The smallest absolute Gasteiger partial charge is 0.232 e. The second-order valence-electron chi connectivity index (χ2n) is 3.90. The Morgan fingerprint density at radius 3 is 2.67 bits per heavy atom. The number of amides is 1. The molecule has 1 unspecified atom stereocenters. The molecule has 1 atom stereocenters. The summed E-state index contributed by atoms with van der Waals surface area (Å²) in [5.74, 6) is -0.00949. The molecule has 5 N–H and O–H groups in total. The van der Waals surface area contributed by atoms with Crippen LogP contribution in [0.3, 0.4) is 0 Å². The van der Waals surface area contributed by atoms with Gasteiger partial charge in [-0.1, -0.05) is 13.3 Å². The maximum Gasteiger partial charge on any atom is 0.232 e. The summed E-state index contributed by atoms with van der Waals surface area (Å²) in [7, 11) is 0. The summed E-state index contributed by atoms with van der Waals surface area (Å²) in [6, 6.07) is 3.54. The van der Waals surface area contributed by atoms with Gasteiger partial charge in [0.05, 0.1) is 17.3 Å². The van der Waals surface area contributed by atoms with Crippen LogP contribution in [0.25, 0.3) is 0 Å². The molecular formula is C11H15N3O. The molecule has 4 heteroatoms. The Balaban J connectivity index is 2.44. The second-order valence-corrected chi connectivity index (χ2v) is 3.90. The van der Waals surface area contributed by atoms with E-state index in [1.807, 2.05) is 6.07 Å². The van der Waals surface area contributed by atoms with Crippen molar-refractivity contribution in [3.63, 3.8) is 0 Å². The molecule has 1 aromatic rings. The van der Waals surface area contributed by atoms with Crippen molar-refractivity contribution in [1.82, 2.24) is 0 Å². The first-order chi connectivity index (χ1) is 7.13. The summed E-state index contributed by atoms with van der Waals surface area (Å²) < 4.78 is 0. The molecule has 80 valence electrons. The lowest BCUT2D eigenvalue weighted by atomic mass is 9.95. The third-order valence-corrected chi connectivity index (χ3v) is 2.78. The van der Waals surface area contributed by atoms with Crippen molar-refractivity contribution in [3.05, 3.63) is 17.7 Å². The van der Waals surface area contributed by atoms with E-state index in [1.165, 1.54) is 0 Å². The van der Waals surface area contributed by atoms with E-state index in [-0.39, 0.29) is 11.8 Å². The number of nitrogen functional groups attached to an aromatic ring is 2. The van der Waals surface area contributed by atoms with Crippen LogP contribution in [0.4, 0.5) is 17.1 Å². The minimum absolute atomic E-state index is 0.0526. The van der Waals surface area contributed by atoms with E-state index in [9.17, 15) is 4.79 Å². The summed E-state index contributed by atoms with van der Waals surface area (Å²) in [4.78, 5) is 11.7. The average molecular weight is 205 g/mol. The van der Waals surface area contributed by atoms with Gasteiger partial charge in [-0.05, 0) is 24.1 Å². The van der Waals surface area contributed by atoms with Crippen LogP contribution >= 0.6 is 0 Å². The summed E-state index contributed by atoms with van der Waals surface area (Å²) in [6.07, 6.45) is 1.82. The Morgan fingerprint density at radius 1 is 1.33 bits per heavy atom. The van der Waals surface area contributed by atoms with E-state index in [0.29, 0.717) is 11.4 Å². The number of fused-ring (bicyclic) bond motifs is 1. The Bertz CT molecular complexity index is 415. The molecule has 0 saturated carbocycles. The lowest BCUT2D eigenvalue weighted by Crippen LogP contribution is -2.11. The largest absolute Gasteiger partial charge is 0.397 e. The lowest BCUT2D eigenvalue weighted by molar-refractivity contribution is -0.117. The van der Waals surface area contributed by atoms with Crippen LogP contribution in [0, 0.1) is 0 Å². The number of benzene rings is 1. The predicted molar refractivity (Wildman–Crippen MR) is 61.5 cm³/mol. The van der Waals surface area contributed by atoms with E-state index >= 15 is 0 Å². The van der Waals surface area contributed by atoms with Gasteiger partial charge in [0.15, 0.2) is 0 Å². The standard InChI is InChI=1S/C11H15N3O/c1-2-3-6-7-4-8(12)9(13)5-10(7)14-11(6)15/h4-6H,2-3,12-13H2,1H3,(H,14,15). The van der Waals surface area contributed by atoms with E-state index in [2.05, 4.69) is 12.2 Å². The van der Waals surface area contributed by atoms with Gasteiger partial charge < -0.3 is 16.8 Å². The van der Waals surface area contributed by atoms with Gasteiger partial charge in [-0.25, -0.2) is 0 Å². The number of hydrogen-bond donors (Lipinski definition) is 3. The van der Waals surface area contributed by atoms with Crippen LogP contribution in [-0.4, -0.2) is 5.91 Å². The van der Waals surface area contributed by atoms with Gasteiger partial charge in [-0.2, -0.15) is 0 Å². The molecule has 0 radical (unpaired) electrons. The Kier molecular flexibility index (Phi) is 2.26. The molecule has 15 heavy (non-hydrogen) atoms. The highest BCUT2D eigenvalue weighted by Crippen LogP contribution is 2.38. The topological polar surface area (TPSA) is 81.1 Å². The van der Waals surface area contributed by atoms with Gasteiger partial charge >= 0.3 is 0 Å². The van der Waals surface area contributed by atoms with E-state index in [4.69, 9.17) is 11.5 Å². The average Bonchev–Trinajstić information content (AvgIpc) is 2.46. The zero-order valence-corrected chi connectivity index (χ0v) is 8.71. The fraction of sp³-hybridized carbons (Fsp3) is 0.364. The molecule has 1 aliphatic heterocycles. The molecule has 0 aliphatic carbocycles. The maximum atomic E-state index is 11.7. The molecular weight excluding hydrogens is 190 g/mol. The van der Waals surface area contributed by atoms with E-state index < -0.39 is 0 Å². The van der Waals surface area contributed by atoms with E-state index in [0.717, 1.165) is 24.1 Å². The molecule has 0 spiro atoms. The fourth-order valence-corrected chi connectivity index (χ4v) is 1.98. The zero-order valence-electron chi connectivity index (χ0n) is 8.71. The van der Waals surface area contributed by atoms with Crippen LogP contribution < -0.4 is 16.8 Å². The van der Waals surface area contributed by atoms with Crippen LogP contribution in [0.15, 0.2) is 12.1 Å². The third-order valence-electron chi connectivity index (χ3n) is 2.78. The Labute approximate surface area is 88.6 Å². The van der Waals surface area contributed by atoms with Crippen molar-refractivity contribution in [3.8, 4) is 0 Å².